The number of cyclic esters (lactones) is 1. The molecule has 0 bridgehead atoms. The van der Waals surface area contributed by atoms with Gasteiger partial charge in [-0.15, -0.1) is 0 Å². The number of aliphatic hydroxyl groups excluding tert-OH is 1. The number of nitrogens with one attached hydrogen (secondary N) is 1. The van der Waals surface area contributed by atoms with E-state index in [1.54, 1.807) is 23.1 Å². The van der Waals surface area contributed by atoms with Crippen LogP contribution in [-0.2, 0) is 33.4 Å². The number of nitrogens with zero attached hydrogens (tertiary/aromatic N) is 2. The second-order valence-electron chi connectivity index (χ2n) is 13.6. The van der Waals surface area contributed by atoms with E-state index >= 15 is 0 Å². The minimum absolute atomic E-state index is 0.0672. The predicted octanol–water partition coefficient (Wildman–Crippen LogP) is 3.86. The molecule has 4 aliphatic rings. The van der Waals surface area contributed by atoms with Crippen LogP contribution in [0.3, 0.4) is 0 Å². The number of amides is 3. The van der Waals surface area contributed by atoms with Gasteiger partial charge in [-0.3, -0.25) is 19.2 Å². The van der Waals surface area contributed by atoms with Crippen molar-refractivity contribution in [2.24, 2.45) is 11.8 Å². The van der Waals surface area contributed by atoms with Crippen molar-refractivity contribution in [1.82, 2.24) is 10.2 Å². The number of benzene rings is 3. The van der Waals surface area contributed by atoms with Gasteiger partial charge in [0.25, 0.3) is 5.91 Å². The summed E-state index contributed by atoms with van der Waals surface area (Å²) in [6.07, 6.45) is 6.09. The molecule has 4 aliphatic heterocycles. The molecule has 3 aromatic carbocycles. The maximum absolute atomic E-state index is 14.9. The Morgan fingerprint density at radius 1 is 0.980 bits per heavy atom. The first-order valence-electron chi connectivity index (χ1n) is 17.6. The first-order chi connectivity index (χ1) is 24.8. The molecule has 11 heteroatoms. The number of carbonyl (C=O) groups is 4. The highest BCUT2D eigenvalue weighted by molar-refractivity contribution is 6.06. The lowest BCUT2D eigenvalue weighted by Crippen LogP contribution is -2.58. The summed E-state index contributed by atoms with van der Waals surface area (Å²) in [5.74, 6) is -4.01. The van der Waals surface area contributed by atoms with Crippen LogP contribution in [0.5, 0.6) is 0 Å². The maximum atomic E-state index is 14.9. The third-order valence-corrected chi connectivity index (χ3v) is 10.6. The van der Waals surface area contributed by atoms with Crippen LogP contribution in [-0.4, -0.2) is 90.4 Å². The third kappa shape index (κ3) is 6.13. The number of aliphatic hydroxyl groups is 1. The Balaban J connectivity index is 1.33. The molecule has 11 nitrogen and oxygen atoms in total. The molecule has 1 spiro atoms. The van der Waals surface area contributed by atoms with Crippen LogP contribution in [0.15, 0.2) is 97.1 Å². The fraction of sp³-hybridized carbons (Fsp3) is 0.400. The monoisotopic (exact) mass is 693 g/mol. The Hall–Kier alpha value is -4.84. The number of carbonyl (C=O) groups excluding carboxylic acids is 4. The molecular formula is C40H43N3O8. The Kier molecular flexibility index (Phi) is 9.78. The lowest BCUT2D eigenvalue weighted by molar-refractivity contribution is -0.162. The molecule has 3 amide bonds. The smallest absolute Gasteiger partial charge is 0.313 e. The highest BCUT2D eigenvalue weighted by atomic mass is 16.6. The summed E-state index contributed by atoms with van der Waals surface area (Å²) in [5, 5.41) is 15.5. The maximum Gasteiger partial charge on any atom is 0.313 e. The van der Waals surface area contributed by atoms with Crippen molar-refractivity contribution in [3.8, 4) is 0 Å². The van der Waals surface area contributed by atoms with Gasteiger partial charge in [-0.05, 0) is 41.3 Å². The van der Waals surface area contributed by atoms with Gasteiger partial charge in [0.05, 0.1) is 37.3 Å². The fourth-order valence-electron chi connectivity index (χ4n) is 8.21. The molecule has 51 heavy (non-hydrogen) atoms. The molecule has 4 heterocycles. The van der Waals surface area contributed by atoms with E-state index in [4.69, 9.17) is 14.2 Å². The van der Waals surface area contributed by atoms with Gasteiger partial charge in [-0.2, -0.15) is 0 Å². The molecule has 0 radical (unpaired) electrons. The van der Waals surface area contributed by atoms with Crippen LogP contribution in [0.2, 0.25) is 0 Å². The normalized spacial score (nSPS) is 30.7. The highest BCUT2D eigenvalue weighted by Crippen LogP contribution is 2.54. The number of likely N-dealkylation sites (tertiary alicyclic amines) is 1. The Bertz CT molecular complexity index is 1860. The molecular weight excluding hydrogens is 650 g/mol. The average molecular weight is 694 g/mol. The van der Waals surface area contributed by atoms with Crippen molar-refractivity contribution in [2.75, 3.05) is 31.8 Å². The van der Waals surface area contributed by atoms with Crippen molar-refractivity contribution in [3.63, 3.8) is 0 Å². The van der Waals surface area contributed by atoms with Crippen LogP contribution in [0.1, 0.15) is 37.9 Å². The zero-order valence-electron chi connectivity index (χ0n) is 28.7. The number of methoxy groups -OCH3 is 1. The van der Waals surface area contributed by atoms with Crippen LogP contribution >= 0.6 is 0 Å². The number of hydrogen-bond acceptors (Lipinski definition) is 8. The first kappa shape index (κ1) is 34.6. The fourth-order valence-corrected chi connectivity index (χ4v) is 8.21. The standard InChI is InChI=1S/C40H43N3O8/c1-3-28(23-44)43-36-38(47)42(29-19-18-25-12-7-8-15-27(25)22-29)21-11-20-40(36)34(37(43)46)33-31(51-40)16-9-10-17-32(45)41-30(24-49-2)35(50-39(33)48)26-13-5-4-6-14-26/h4-9,11-16,18-20,22,28,30-31,33-36,44H,3,10,17,21,23-24H2,1-2H3,(H,41,45)/b16-9-/t28-,30+,31+,33-,34-,35+,36+,40-/m0/s1. The van der Waals surface area contributed by atoms with Crippen LogP contribution in [0.25, 0.3) is 10.8 Å². The topological polar surface area (TPSA) is 135 Å². The van der Waals surface area contributed by atoms with Gasteiger partial charge in [0.1, 0.15) is 23.7 Å². The molecule has 7 rings (SSSR count). The van der Waals surface area contributed by atoms with Gasteiger partial charge < -0.3 is 34.4 Å². The summed E-state index contributed by atoms with van der Waals surface area (Å²) >= 11 is 0. The minimum atomic E-state index is -1.54. The predicted molar refractivity (Wildman–Crippen MR) is 189 cm³/mol. The van der Waals surface area contributed by atoms with E-state index in [0.29, 0.717) is 24.1 Å². The van der Waals surface area contributed by atoms with E-state index in [1.807, 2.05) is 85.8 Å². The first-order valence-corrected chi connectivity index (χ1v) is 17.6. The summed E-state index contributed by atoms with van der Waals surface area (Å²) in [4.78, 5) is 60.5. The second-order valence-corrected chi connectivity index (χ2v) is 13.6. The minimum Gasteiger partial charge on any atom is -0.455 e. The van der Waals surface area contributed by atoms with Crippen LogP contribution in [0.4, 0.5) is 5.69 Å². The van der Waals surface area contributed by atoms with E-state index in [0.717, 1.165) is 10.8 Å². The molecule has 0 aliphatic carbocycles. The van der Waals surface area contributed by atoms with E-state index in [1.165, 1.54) is 12.0 Å². The largest absolute Gasteiger partial charge is 0.455 e. The van der Waals surface area contributed by atoms with E-state index < -0.39 is 59.6 Å². The van der Waals surface area contributed by atoms with Crippen molar-refractivity contribution < 1.29 is 38.5 Å². The number of allylic oxidation sites excluding steroid dienone is 1. The van der Waals surface area contributed by atoms with Crippen molar-refractivity contribution in [3.05, 3.63) is 103 Å². The molecule has 8 atom stereocenters. The van der Waals surface area contributed by atoms with E-state index in [9.17, 15) is 24.3 Å². The zero-order valence-corrected chi connectivity index (χ0v) is 28.7. The van der Waals surface area contributed by atoms with Gasteiger partial charge in [-0.25, -0.2) is 0 Å². The number of rotatable bonds is 7. The van der Waals surface area contributed by atoms with Gasteiger partial charge in [-0.1, -0.05) is 91.9 Å². The number of hydrogen-bond donors (Lipinski definition) is 2. The molecule has 0 aromatic heterocycles. The quantitative estimate of drug-likeness (QED) is 0.282. The second kappa shape index (κ2) is 14.4. The van der Waals surface area contributed by atoms with Gasteiger partial charge >= 0.3 is 5.97 Å². The molecule has 266 valence electrons. The summed E-state index contributed by atoms with van der Waals surface area (Å²) in [7, 11) is 1.51. The van der Waals surface area contributed by atoms with E-state index in [2.05, 4.69) is 5.32 Å². The molecule has 0 unspecified atom stereocenters. The third-order valence-electron chi connectivity index (χ3n) is 10.6. The van der Waals surface area contributed by atoms with Gasteiger partial charge in [0.2, 0.25) is 11.8 Å². The Morgan fingerprint density at radius 2 is 1.75 bits per heavy atom. The number of fused-ring (bicyclic) bond motifs is 3. The lowest BCUT2D eigenvalue weighted by atomic mass is 9.77. The van der Waals surface area contributed by atoms with Gasteiger partial charge in [0.15, 0.2) is 0 Å². The number of ether oxygens (including phenoxy) is 3. The molecule has 2 fully saturated rings. The zero-order chi connectivity index (χ0) is 35.7. The summed E-state index contributed by atoms with van der Waals surface area (Å²) in [6, 6.07) is 20.2. The van der Waals surface area contributed by atoms with E-state index in [-0.39, 0.29) is 38.0 Å². The SMILES string of the molecule is CC[C@@H](CO)N1C(=O)[C@@H]2[C@H]3C(=O)O[C@H](c4ccccc4)[C@@H](COC)NC(=O)CC/C=C\[C@H]3O[C@@]23C=CCN(c2ccc4ccccc4c2)C(=O)[C@@H]13. The summed E-state index contributed by atoms with van der Waals surface area (Å²) in [6.45, 7) is 1.75. The van der Waals surface area contributed by atoms with Crippen LogP contribution in [0, 0.1) is 11.8 Å². The molecule has 0 saturated carbocycles. The molecule has 2 N–H and O–H groups in total. The Morgan fingerprint density at radius 3 is 2.49 bits per heavy atom. The summed E-state index contributed by atoms with van der Waals surface area (Å²) in [5.41, 5.74) is -0.238. The van der Waals surface area contributed by atoms with Crippen molar-refractivity contribution in [1.29, 1.82) is 0 Å². The number of esters is 1. The van der Waals surface area contributed by atoms with Gasteiger partial charge in [0, 0.05) is 25.8 Å². The molecule has 3 aromatic rings. The highest BCUT2D eigenvalue weighted by Gasteiger charge is 2.72. The average Bonchev–Trinajstić information content (AvgIpc) is 3.53. The number of anilines is 1. The van der Waals surface area contributed by atoms with Crippen LogP contribution < -0.4 is 10.2 Å². The lowest BCUT2D eigenvalue weighted by Gasteiger charge is -2.38. The Labute approximate surface area is 296 Å². The van der Waals surface area contributed by atoms with Crippen molar-refractivity contribution in [2.45, 2.75) is 62.1 Å². The van der Waals surface area contributed by atoms with Crippen molar-refractivity contribution >= 4 is 40.2 Å². The molecule has 2 saturated heterocycles. The summed E-state index contributed by atoms with van der Waals surface area (Å²) < 4.78 is 18.6.